The average Bonchev–Trinajstić information content (AvgIpc) is 2.83. The van der Waals surface area contributed by atoms with Gasteiger partial charge >= 0.3 is 0 Å². The third-order valence-electron chi connectivity index (χ3n) is 3.48. The molecule has 0 unspecified atom stereocenters. The van der Waals surface area contributed by atoms with Crippen molar-refractivity contribution >= 4 is 5.91 Å². The molecule has 0 spiro atoms. The highest BCUT2D eigenvalue weighted by molar-refractivity contribution is 5.94. The van der Waals surface area contributed by atoms with Gasteiger partial charge in [0, 0.05) is 18.5 Å². The Kier molecular flexibility index (Phi) is 3.18. The molecule has 1 aliphatic rings. The van der Waals surface area contributed by atoms with E-state index in [-0.39, 0.29) is 11.9 Å². The van der Waals surface area contributed by atoms with Crippen LogP contribution in [0.4, 0.5) is 8.78 Å². The molecule has 3 nitrogen and oxygen atoms in total. The van der Waals surface area contributed by atoms with Crippen LogP contribution in [0.25, 0.3) is 0 Å². The van der Waals surface area contributed by atoms with Crippen LogP contribution >= 0.6 is 0 Å². The number of nitrogens with one attached hydrogen (secondary N) is 1. The van der Waals surface area contributed by atoms with Crippen LogP contribution in [0.15, 0.2) is 36.7 Å². The van der Waals surface area contributed by atoms with E-state index in [1.807, 2.05) is 0 Å². The molecule has 0 bridgehead atoms. The average molecular weight is 274 g/mol. The summed E-state index contributed by atoms with van der Waals surface area (Å²) in [6, 6.07) is 5.12. The first kappa shape index (κ1) is 12.7. The van der Waals surface area contributed by atoms with Gasteiger partial charge in [-0.25, -0.2) is 8.78 Å². The molecule has 3 rings (SSSR count). The second-order valence-electron chi connectivity index (χ2n) is 4.76. The maximum atomic E-state index is 13.6. The van der Waals surface area contributed by atoms with Crippen LogP contribution in [-0.2, 0) is 6.42 Å². The van der Waals surface area contributed by atoms with E-state index >= 15 is 0 Å². The first-order valence-corrected chi connectivity index (χ1v) is 6.34. The Morgan fingerprint density at radius 3 is 2.95 bits per heavy atom. The first-order valence-electron chi connectivity index (χ1n) is 6.34. The number of rotatable bonds is 2. The number of hydrogen-bond acceptors (Lipinski definition) is 2. The summed E-state index contributed by atoms with van der Waals surface area (Å²) in [5.41, 5.74) is 1.44. The van der Waals surface area contributed by atoms with E-state index in [1.54, 1.807) is 18.3 Å². The number of fused-ring (bicyclic) bond motifs is 1. The molecule has 0 saturated carbocycles. The molecule has 0 fully saturated rings. The number of pyridine rings is 1. The van der Waals surface area contributed by atoms with Gasteiger partial charge in [0.15, 0.2) is 0 Å². The fourth-order valence-corrected chi connectivity index (χ4v) is 2.53. The smallest absolute Gasteiger partial charge is 0.253 e. The number of hydrogen-bond donors (Lipinski definition) is 1. The van der Waals surface area contributed by atoms with Gasteiger partial charge in [0.2, 0.25) is 0 Å². The second kappa shape index (κ2) is 5.00. The quantitative estimate of drug-likeness (QED) is 0.915. The Labute approximate surface area is 114 Å². The largest absolute Gasteiger partial charge is 0.345 e. The molecule has 102 valence electrons. The summed E-state index contributed by atoms with van der Waals surface area (Å²) in [6.45, 7) is 0. The summed E-state index contributed by atoms with van der Waals surface area (Å²) in [4.78, 5) is 15.9. The van der Waals surface area contributed by atoms with Gasteiger partial charge in [-0.15, -0.1) is 0 Å². The molecular weight excluding hydrogens is 262 g/mol. The molecule has 1 aliphatic carbocycles. The minimum atomic E-state index is -0.622. The van der Waals surface area contributed by atoms with E-state index in [1.165, 1.54) is 12.3 Å². The monoisotopic (exact) mass is 274 g/mol. The van der Waals surface area contributed by atoms with Crippen LogP contribution in [0.2, 0.25) is 0 Å². The molecule has 0 aliphatic heterocycles. The van der Waals surface area contributed by atoms with Crippen molar-refractivity contribution in [2.75, 3.05) is 0 Å². The highest BCUT2D eigenvalue weighted by Gasteiger charge is 2.27. The van der Waals surface area contributed by atoms with Crippen LogP contribution in [0.3, 0.4) is 0 Å². The summed E-state index contributed by atoms with van der Waals surface area (Å²) in [6.07, 6.45) is 4.10. The molecule has 1 N–H and O–H groups in total. The maximum Gasteiger partial charge on any atom is 0.253 e. The predicted molar refractivity (Wildman–Crippen MR) is 69.1 cm³/mol. The number of nitrogens with zero attached hydrogens (tertiary/aromatic N) is 1. The lowest BCUT2D eigenvalue weighted by molar-refractivity contribution is 0.0936. The Morgan fingerprint density at radius 2 is 2.20 bits per heavy atom. The number of carbonyl (C=O) groups is 1. The molecule has 1 aromatic heterocycles. The maximum absolute atomic E-state index is 13.6. The summed E-state index contributed by atoms with van der Waals surface area (Å²) in [7, 11) is 0. The number of amides is 1. The van der Waals surface area contributed by atoms with Gasteiger partial charge in [0.05, 0.1) is 11.6 Å². The SMILES string of the molecule is O=C(N[C@@H]1CCc2c(F)cc(F)cc21)c1cccnc1. The van der Waals surface area contributed by atoms with Crippen LogP contribution in [0, 0.1) is 11.6 Å². The van der Waals surface area contributed by atoms with E-state index in [4.69, 9.17) is 0 Å². The molecule has 1 aromatic carbocycles. The molecule has 0 saturated heterocycles. The van der Waals surface area contributed by atoms with Crippen molar-refractivity contribution in [3.63, 3.8) is 0 Å². The van der Waals surface area contributed by atoms with Crippen molar-refractivity contribution in [2.24, 2.45) is 0 Å². The minimum Gasteiger partial charge on any atom is -0.345 e. The molecule has 0 radical (unpaired) electrons. The van der Waals surface area contributed by atoms with Gasteiger partial charge in [0.25, 0.3) is 5.91 Å². The van der Waals surface area contributed by atoms with Crippen molar-refractivity contribution in [1.82, 2.24) is 10.3 Å². The lowest BCUT2D eigenvalue weighted by Crippen LogP contribution is -2.27. The fourth-order valence-electron chi connectivity index (χ4n) is 2.53. The zero-order valence-electron chi connectivity index (χ0n) is 10.6. The van der Waals surface area contributed by atoms with Crippen molar-refractivity contribution in [3.05, 3.63) is 65.0 Å². The fraction of sp³-hybridized carbons (Fsp3) is 0.200. The van der Waals surface area contributed by atoms with Crippen molar-refractivity contribution in [2.45, 2.75) is 18.9 Å². The third-order valence-corrected chi connectivity index (χ3v) is 3.48. The first-order chi connectivity index (χ1) is 9.65. The second-order valence-corrected chi connectivity index (χ2v) is 4.76. The van der Waals surface area contributed by atoms with Gasteiger partial charge in [-0.1, -0.05) is 0 Å². The van der Waals surface area contributed by atoms with Crippen LogP contribution in [0.5, 0.6) is 0 Å². The lowest BCUT2D eigenvalue weighted by atomic mass is 10.1. The molecule has 5 heteroatoms. The molecule has 1 atom stereocenters. The van der Waals surface area contributed by atoms with Crippen molar-refractivity contribution < 1.29 is 13.6 Å². The van der Waals surface area contributed by atoms with Crippen LogP contribution in [0.1, 0.15) is 33.9 Å². The Bertz CT molecular complexity index is 658. The van der Waals surface area contributed by atoms with E-state index in [9.17, 15) is 13.6 Å². The molecule has 20 heavy (non-hydrogen) atoms. The summed E-state index contributed by atoms with van der Waals surface area (Å²) in [5.74, 6) is -1.46. The summed E-state index contributed by atoms with van der Waals surface area (Å²) >= 11 is 0. The molecule has 1 amide bonds. The van der Waals surface area contributed by atoms with E-state index in [2.05, 4.69) is 10.3 Å². The number of aromatic nitrogens is 1. The topological polar surface area (TPSA) is 42.0 Å². The number of halogens is 2. The highest BCUT2D eigenvalue weighted by Crippen LogP contribution is 2.33. The lowest BCUT2D eigenvalue weighted by Gasteiger charge is -2.14. The molecule has 1 heterocycles. The zero-order chi connectivity index (χ0) is 14.1. The minimum absolute atomic E-state index is 0.291. The van der Waals surface area contributed by atoms with E-state index in [0.717, 1.165) is 6.07 Å². The van der Waals surface area contributed by atoms with Gasteiger partial charge in [-0.3, -0.25) is 9.78 Å². The standard InChI is InChI=1S/C15H12F2N2O/c16-10-6-12-11(13(17)7-10)3-4-14(12)19-15(20)9-2-1-5-18-8-9/h1-2,5-8,14H,3-4H2,(H,19,20)/t14-/m1/s1. The van der Waals surface area contributed by atoms with E-state index < -0.39 is 11.6 Å². The van der Waals surface area contributed by atoms with Gasteiger partial charge in [-0.05, 0) is 42.2 Å². The Morgan fingerprint density at radius 1 is 1.35 bits per heavy atom. The van der Waals surface area contributed by atoms with Crippen molar-refractivity contribution in [3.8, 4) is 0 Å². The van der Waals surface area contributed by atoms with Gasteiger partial charge in [0.1, 0.15) is 11.6 Å². The molecular formula is C15H12F2N2O. The van der Waals surface area contributed by atoms with Crippen LogP contribution < -0.4 is 5.32 Å². The van der Waals surface area contributed by atoms with Crippen molar-refractivity contribution in [1.29, 1.82) is 0 Å². The Hall–Kier alpha value is -2.30. The van der Waals surface area contributed by atoms with Gasteiger partial charge < -0.3 is 5.32 Å². The zero-order valence-corrected chi connectivity index (χ0v) is 10.6. The van der Waals surface area contributed by atoms with Crippen LogP contribution in [-0.4, -0.2) is 10.9 Å². The van der Waals surface area contributed by atoms with Gasteiger partial charge in [-0.2, -0.15) is 0 Å². The molecule has 2 aromatic rings. The normalized spacial score (nSPS) is 16.8. The number of benzene rings is 1. The number of carbonyl (C=O) groups excluding carboxylic acids is 1. The summed E-state index contributed by atoms with van der Waals surface area (Å²) < 4.78 is 26.9. The third kappa shape index (κ3) is 2.27. The summed E-state index contributed by atoms with van der Waals surface area (Å²) in [5, 5.41) is 2.79. The highest BCUT2D eigenvalue weighted by atomic mass is 19.1. The Balaban J connectivity index is 1.84. The predicted octanol–water partition coefficient (Wildman–Crippen LogP) is 2.78. The van der Waals surface area contributed by atoms with E-state index in [0.29, 0.717) is 29.5 Å².